The molecular formula is C12H16N2O3S. The molecule has 0 unspecified atom stereocenters. The summed E-state index contributed by atoms with van der Waals surface area (Å²) in [6.45, 7) is 0.231. The van der Waals surface area contributed by atoms with Gasteiger partial charge in [-0.1, -0.05) is 24.0 Å². The lowest BCUT2D eigenvalue weighted by Crippen LogP contribution is -2.32. The van der Waals surface area contributed by atoms with E-state index in [0.29, 0.717) is 6.42 Å². The highest BCUT2D eigenvalue weighted by atomic mass is 32.2. The minimum atomic E-state index is -3.67. The zero-order valence-corrected chi connectivity index (χ0v) is 10.9. The third kappa shape index (κ3) is 4.85. The van der Waals surface area contributed by atoms with Gasteiger partial charge in [-0.2, -0.15) is 12.7 Å². The Bertz CT molecular complexity index is 558. The van der Waals surface area contributed by atoms with Gasteiger partial charge in [0.1, 0.15) is 0 Å². The maximum atomic E-state index is 11.1. The normalized spacial score (nSPS) is 11.1. The van der Waals surface area contributed by atoms with E-state index in [-0.39, 0.29) is 13.2 Å². The van der Waals surface area contributed by atoms with Gasteiger partial charge in [-0.15, -0.1) is 0 Å². The van der Waals surface area contributed by atoms with Crippen LogP contribution in [0.4, 0.5) is 0 Å². The lowest BCUT2D eigenvalue weighted by Gasteiger charge is -2.13. The quantitative estimate of drug-likeness (QED) is 0.757. The molecule has 0 aromatic heterocycles. The number of aliphatic hydroxyl groups is 1. The van der Waals surface area contributed by atoms with Crippen molar-refractivity contribution < 1.29 is 13.5 Å². The molecule has 5 nitrogen and oxygen atoms in total. The summed E-state index contributed by atoms with van der Waals surface area (Å²) in [5, 5.41) is 13.6. The van der Waals surface area contributed by atoms with Gasteiger partial charge in [-0.25, -0.2) is 5.14 Å². The fraction of sp³-hybridized carbons (Fsp3) is 0.333. The predicted octanol–water partition coefficient (Wildman–Crippen LogP) is 0.0558. The molecule has 0 bridgehead atoms. The van der Waals surface area contributed by atoms with Crippen LogP contribution in [-0.4, -0.2) is 31.5 Å². The topological polar surface area (TPSA) is 83.6 Å². The van der Waals surface area contributed by atoms with Gasteiger partial charge in [-0.3, -0.25) is 0 Å². The first kappa shape index (κ1) is 14.7. The Kier molecular flexibility index (Phi) is 5.31. The first-order valence-electron chi connectivity index (χ1n) is 5.36. The molecule has 6 heteroatoms. The molecule has 3 N–H and O–H groups in total. The molecule has 0 spiro atoms. The molecule has 0 saturated heterocycles. The van der Waals surface area contributed by atoms with Gasteiger partial charge >= 0.3 is 0 Å². The summed E-state index contributed by atoms with van der Waals surface area (Å²) in [4.78, 5) is 0. The maximum absolute atomic E-state index is 11.1. The van der Waals surface area contributed by atoms with E-state index >= 15 is 0 Å². The first-order valence-corrected chi connectivity index (χ1v) is 6.86. The lowest BCUT2D eigenvalue weighted by atomic mass is 10.1. The minimum absolute atomic E-state index is 0.0286. The molecule has 0 amide bonds. The Hall–Kier alpha value is -1.39. The van der Waals surface area contributed by atoms with E-state index in [1.54, 1.807) is 18.2 Å². The molecule has 1 aromatic rings. The molecule has 0 saturated carbocycles. The number of aliphatic hydroxyl groups excluding tert-OH is 1. The second-order valence-electron chi connectivity index (χ2n) is 3.78. The van der Waals surface area contributed by atoms with Gasteiger partial charge in [0.05, 0.1) is 6.61 Å². The molecule has 0 aliphatic rings. The summed E-state index contributed by atoms with van der Waals surface area (Å²) in [6, 6.07) is 7.23. The van der Waals surface area contributed by atoms with Gasteiger partial charge in [-0.05, 0) is 17.7 Å². The fourth-order valence-corrected chi connectivity index (χ4v) is 1.64. The number of nitrogens with zero attached hydrogens (tertiary/aromatic N) is 1. The predicted molar refractivity (Wildman–Crippen MR) is 69.6 cm³/mol. The van der Waals surface area contributed by atoms with Crippen LogP contribution in [0, 0.1) is 11.8 Å². The Labute approximate surface area is 107 Å². The van der Waals surface area contributed by atoms with E-state index in [1.165, 1.54) is 7.05 Å². The molecule has 0 fully saturated rings. The zero-order chi connectivity index (χ0) is 13.6. The van der Waals surface area contributed by atoms with Crippen molar-refractivity contribution in [1.82, 2.24) is 4.31 Å². The number of hydrogen-bond acceptors (Lipinski definition) is 3. The van der Waals surface area contributed by atoms with Crippen LogP contribution in [0.25, 0.3) is 0 Å². The molecule has 18 heavy (non-hydrogen) atoms. The third-order valence-corrected chi connectivity index (χ3v) is 3.23. The first-order chi connectivity index (χ1) is 8.43. The van der Waals surface area contributed by atoms with Crippen molar-refractivity contribution in [3.63, 3.8) is 0 Å². The number of nitrogens with two attached hydrogens (primary N) is 1. The van der Waals surface area contributed by atoms with Crippen LogP contribution >= 0.6 is 0 Å². The van der Waals surface area contributed by atoms with Crippen LogP contribution in [0.3, 0.4) is 0 Å². The van der Waals surface area contributed by atoms with E-state index in [2.05, 4.69) is 11.8 Å². The summed E-state index contributed by atoms with van der Waals surface area (Å²) < 4.78 is 23.2. The van der Waals surface area contributed by atoms with E-state index in [9.17, 15) is 8.42 Å². The Morgan fingerprint density at radius 3 is 2.78 bits per heavy atom. The Morgan fingerprint density at radius 1 is 1.44 bits per heavy atom. The van der Waals surface area contributed by atoms with Gasteiger partial charge in [0.15, 0.2) is 0 Å². The Balaban J connectivity index is 2.81. The maximum Gasteiger partial charge on any atom is 0.276 e. The minimum Gasteiger partial charge on any atom is -0.395 e. The molecule has 1 aromatic carbocycles. The van der Waals surface area contributed by atoms with E-state index in [0.717, 1.165) is 15.4 Å². The summed E-state index contributed by atoms with van der Waals surface area (Å²) in [5.74, 6) is 5.69. The van der Waals surface area contributed by atoms with Crippen molar-refractivity contribution in [2.45, 2.75) is 13.0 Å². The van der Waals surface area contributed by atoms with E-state index in [1.807, 2.05) is 6.07 Å². The highest BCUT2D eigenvalue weighted by Gasteiger charge is 2.11. The second-order valence-corrected chi connectivity index (χ2v) is 5.43. The van der Waals surface area contributed by atoms with Crippen LogP contribution in [0.15, 0.2) is 24.3 Å². The summed E-state index contributed by atoms with van der Waals surface area (Å²) >= 11 is 0. The molecule has 0 radical (unpaired) electrons. The van der Waals surface area contributed by atoms with Crippen molar-refractivity contribution in [1.29, 1.82) is 0 Å². The monoisotopic (exact) mass is 268 g/mol. The summed E-state index contributed by atoms with van der Waals surface area (Å²) in [7, 11) is -2.25. The molecule has 0 atom stereocenters. The van der Waals surface area contributed by atoms with Crippen LogP contribution in [-0.2, 0) is 16.8 Å². The molecule has 0 heterocycles. The van der Waals surface area contributed by atoms with Gasteiger partial charge in [0.25, 0.3) is 10.2 Å². The molecule has 0 aliphatic heterocycles. The van der Waals surface area contributed by atoms with Crippen molar-refractivity contribution in [3.8, 4) is 11.8 Å². The number of hydrogen-bond donors (Lipinski definition) is 2. The highest BCUT2D eigenvalue weighted by molar-refractivity contribution is 7.86. The van der Waals surface area contributed by atoms with E-state index in [4.69, 9.17) is 10.2 Å². The average molecular weight is 268 g/mol. The lowest BCUT2D eigenvalue weighted by molar-refractivity contribution is 0.305. The van der Waals surface area contributed by atoms with Crippen molar-refractivity contribution >= 4 is 10.2 Å². The van der Waals surface area contributed by atoms with Gasteiger partial charge in [0, 0.05) is 25.6 Å². The number of benzene rings is 1. The second kappa shape index (κ2) is 6.52. The fourth-order valence-electron chi connectivity index (χ4n) is 1.31. The Morgan fingerprint density at radius 2 is 2.17 bits per heavy atom. The van der Waals surface area contributed by atoms with E-state index < -0.39 is 10.2 Å². The van der Waals surface area contributed by atoms with Gasteiger partial charge < -0.3 is 5.11 Å². The highest BCUT2D eigenvalue weighted by Crippen LogP contribution is 2.08. The zero-order valence-electron chi connectivity index (χ0n) is 10.1. The molecule has 98 valence electrons. The number of rotatable bonds is 4. The smallest absolute Gasteiger partial charge is 0.276 e. The molecule has 0 aliphatic carbocycles. The molecular weight excluding hydrogens is 252 g/mol. The van der Waals surface area contributed by atoms with Crippen molar-refractivity contribution in [3.05, 3.63) is 35.4 Å². The van der Waals surface area contributed by atoms with Gasteiger partial charge in [0.2, 0.25) is 0 Å². The van der Waals surface area contributed by atoms with Crippen LogP contribution < -0.4 is 5.14 Å². The summed E-state index contributed by atoms with van der Waals surface area (Å²) in [5.41, 5.74) is 1.59. The molecule has 1 rings (SSSR count). The van der Waals surface area contributed by atoms with Crippen LogP contribution in [0.5, 0.6) is 0 Å². The SMILES string of the molecule is CN(Cc1cccc(C#CCCO)c1)S(N)(=O)=O. The largest absolute Gasteiger partial charge is 0.395 e. The van der Waals surface area contributed by atoms with Crippen molar-refractivity contribution in [2.75, 3.05) is 13.7 Å². The third-order valence-electron chi connectivity index (χ3n) is 2.24. The standard InChI is InChI=1S/C12H16N2O3S/c1-14(18(13,16)17)10-12-7-4-6-11(9-12)5-2-3-8-15/h4,6-7,9,15H,3,8,10H2,1H3,(H2,13,16,17). The average Bonchev–Trinajstić information content (AvgIpc) is 2.28. The van der Waals surface area contributed by atoms with Crippen molar-refractivity contribution in [2.24, 2.45) is 5.14 Å². The summed E-state index contributed by atoms with van der Waals surface area (Å²) in [6.07, 6.45) is 0.418. The van der Waals surface area contributed by atoms with Crippen LogP contribution in [0.2, 0.25) is 0 Å². The van der Waals surface area contributed by atoms with Crippen LogP contribution in [0.1, 0.15) is 17.5 Å².